The van der Waals surface area contributed by atoms with E-state index < -0.39 is 29.3 Å². The Bertz CT molecular complexity index is 3950. The maximum absolute atomic E-state index is 14.0. The first-order chi connectivity index (χ1) is 37.9. The maximum Gasteiger partial charge on any atom is 0.339 e. The number of esters is 4. The van der Waals surface area contributed by atoms with Gasteiger partial charge in [0, 0.05) is 5.41 Å². The van der Waals surface area contributed by atoms with Crippen LogP contribution in [0.4, 0.5) is 0 Å². The second-order valence-electron chi connectivity index (χ2n) is 20.6. The van der Waals surface area contributed by atoms with Gasteiger partial charge in [0.05, 0.1) is 66.4 Å². The highest BCUT2D eigenvalue weighted by molar-refractivity contribution is 6.08. The van der Waals surface area contributed by atoms with Crippen molar-refractivity contribution in [2.45, 2.75) is 90.6 Å². The molecule has 388 valence electrons. The maximum atomic E-state index is 14.0. The third-order valence-corrected chi connectivity index (χ3v) is 14.8. The van der Waals surface area contributed by atoms with Crippen LogP contribution in [0.15, 0.2) is 170 Å². The fourth-order valence-electron chi connectivity index (χ4n) is 11.1. The van der Waals surface area contributed by atoms with Crippen LogP contribution in [0, 0.1) is 0 Å². The number of benzene rings is 8. The normalized spacial score (nSPS) is 14.6. The summed E-state index contributed by atoms with van der Waals surface area (Å²) < 4.78 is 23.2. The molecule has 78 heavy (non-hydrogen) atoms. The second-order valence-corrected chi connectivity index (χ2v) is 20.6. The van der Waals surface area contributed by atoms with E-state index in [0.717, 1.165) is 63.8 Å². The highest BCUT2D eigenvalue weighted by Gasteiger charge is 2.49. The number of rotatable bonds is 16. The van der Waals surface area contributed by atoms with E-state index in [1.165, 1.54) is 0 Å². The van der Waals surface area contributed by atoms with Gasteiger partial charge in [0.2, 0.25) is 0 Å². The molecule has 0 saturated carbocycles. The Morgan fingerprint density at radius 3 is 1.01 bits per heavy atom. The zero-order valence-corrected chi connectivity index (χ0v) is 43.9. The van der Waals surface area contributed by atoms with Crippen molar-refractivity contribution in [1.29, 1.82) is 0 Å². The van der Waals surface area contributed by atoms with Gasteiger partial charge in [-0.25, -0.2) is 39.1 Å². The quantitative estimate of drug-likeness (QED) is 0.0513. The molecule has 0 radical (unpaired) electrons. The van der Waals surface area contributed by atoms with Crippen LogP contribution >= 0.6 is 0 Å². The average Bonchev–Trinajstić information content (AvgIpc) is 3.79. The average molecular weight is 1030 g/mol. The van der Waals surface area contributed by atoms with Crippen molar-refractivity contribution in [3.05, 3.63) is 237 Å². The smallest absolute Gasteiger partial charge is 0.339 e. The number of hydrogen-bond donors (Lipinski definition) is 0. The number of aryl methyl sites for hydroxylation is 1. The van der Waals surface area contributed by atoms with E-state index in [1.54, 1.807) is 24.3 Å². The van der Waals surface area contributed by atoms with Crippen LogP contribution in [0.5, 0.6) is 0 Å². The van der Waals surface area contributed by atoms with Gasteiger partial charge in [-0.05, 0) is 118 Å². The molecule has 12 nitrogen and oxygen atoms in total. The third-order valence-electron chi connectivity index (χ3n) is 14.8. The van der Waals surface area contributed by atoms with E-state index in [-0.39, 0.29) is 54.1 Å². The van der Waals surface area contributed by atoms with Gasteiger partial charge in [-0.1, -0.05) is 155 Å². The number of hydrogen-bond acceptors (Lipinski definition) is 12. The van der Waals surface area contributed by atoms with Gasteiger partial charge in [0.1, 0.15) is 26.4 Å². The standard InChI is InChI=1S/C66H56N4O8/c1-5-27-66(50-33-58-53(28-45(50)6-2)67-54-29-46(61(71)75-36-41-19-11-7-12-20-41)47(30-55(54)68-58)62(72)76-37-42-21-13-8-14-22-42)40-65(3,4)51-34-59-60(35-52(51)66)70-57-32-49(64(74)78-39-44-25-17-10-18-26-44)48(31-56(57)69-59)63(73)77-38-43-23-15-9-16-24-43/h7-26,28-35H,5-6,27,36-40H2,1-4H3. The molecule has 1 atom stereocenters. The Morgan fingerprint density at radius 1 is 0.397 bits per heavy atom. The summed E-state index contributed by atoms with van der Waals surface area (Å²) in [4.78, 5) is 76.4. The summed E-state index contributed by atoms with van der Waals surface area (Å²) in [5.74, 6) is -2.74. The van der Waals surface area contributed by atoms with E-state index in [4.69, 9.17) is 38.9 Å². The molecule has 0 spiro atoms. The van der Waals surface area contributed by atoms with Gasteiger partial charge in [0.25, 0.3) is 0 Å². The van der Waals surface area contributed by atoms with Crippen LogP contribution in [-0.4, -0.2) is 43.8 Å². The molecule has 1 unspecified atom stereocenters. The first-order valence-electron chi connectivity index (χ1n) is 26.3. The summed E-state index contributed by atoms with van der Waals surface area (Å²) in [5.41, 5.74) is 11.3. The van der Waals surface area contributed by atoms with Gasteiger partial charge in [-0.3, -0.25) is 0 Å². The lowest BCUT2D eigenvalue weighted by atomic mass is 9.68. The number of carbonyl (C=O) groups excluding carboxylic acids is 4. The SMILES string of the molecule is CCCC1(c2cc3nc4cc(C(=O)OCc5ccccc5)c(C(=O)OCc5ccccc5)cc4nc3cc2CC)CC(C)(C)c2cc3nc4cc(C(=O)OCc5ccccc5)c(C(=O)OCc5ccccc5)cc4nc3cc21. The van der Waals surface area contributed by atoms with Crippen molar-refractivity contribution in [3.63, 3.8) is 0 Å². The zero-order valence-electron chi connectivity index (χ0n) is 43.9. The predicted molar refractivity (Wildman–Crippen MR) is 299 cm³/mol. The van der Waals surface area contributed by atoms with Crippen molar-refractivity contribution < 1.29 is 38.1 Å². The number of aromatic nitrogens is 4. The zero-order chi connectivity index (χ0) is 54.0. The molecule has 10 aromatic rings. The molecule has 0 N–H and O–H groups in total. The molecule has 0 fully saturated rings. The van der Waals surface area contributed by atoms with Crippen LogP contribution in [0.3, 0.4) is 0 Å². The van der Waals surface area contributed by atoms with Crippen LogP contribution in [0.2, 0.25) is 0 Å². The van der Waals surface area contributed by atoms with Crippen molar-refractivity contribution >= 4 is 68.0 Å². The Kier molecular flexibility index (Phi) is 14.0. The lowest BCUT2D eigenvalue weighted by molar-refractivity contribution is 0.0425. The van der Waals surface area contributed by atoms with Crippen molar-refractivity contribution in [2.75, 3.05) is 0 Å². The van der Waals surface area contributed by atoms with Gasteiger partial charge >= 0.3 is 23.9 Å². The summed E-state index contributed by atoms with van der Waals surface area (Å²) in [7, 11) is 0. The predicted octanol–water partition coefficient (Wildman–Crippen LogP) is 13.6. The van der Waals surface area contributed by atoms with Crippen LogP contribution in [0.1, 0.15) is 133 Å². The molecule has 8 aromatic carbocycles. The van der Waals surface area contributed by atoms with Gasteiger partial charge < -0.3 is 18.9 Å². The fourth-order valence-corrected chi connectivity index (χ4v) is 11.1. The Labute approximate surface area is 451 Å². The van der Waals surface area contributed by atoms with E-state index in [0.29, 0.717) is 50.6 Å². The molecule has 11 rings (SSSR count). The van der Waals surface area contributed by atoms with Crippen molar-refractivity contribution in [1.82, 2.24) is 19.9 Å². The largest absolute Gasteiger partial charge is 0.457 e. The minimum Gasteiger partial charge on any atom is -0.457 e. The fraction of sp³-hybridized carbons (Fsp3) is 0.212. The van der Waals surface area contributed by atoms with Gasteiger partial charge in [0.15, 0.2) is 0 Å². The molecule has 1 aliphatic rings. The second kappa shape index (κ2) is 21.5. The lowest BCUT2D eigenvalue weighted by Crippen LogP contribution is -2.29. The minimum atomic E-state index is -0.688. The van der Waals surface area contributed by atoms with Crippen molar-refractivity contribution in [2.24, 2.45) is 0 Å². The molecule has 0 aliphatic heterocycles. The van der Waals surface area contributed by atoms with Crippen LogP contribution in [0.25, 0.3) is 44.1 Å². The summed E-state index contributed by atoms with van der Waals surface area (Å²) in [6.45, 7) is 8.91. The first kappa shape index (κ1) is 51.0. The topological polar surface area (TPSA) is 157 Å². The molecule has 0 amide bonds. The first-order valence-corrected chi connectivity index (χ1v) is 26.3. The highest BCUT2D eigenvalue weighted by atomic mass is 16.5. The van der Waals surface area contributed by atoms with E-state index in [1.807, 2.05) is 121 Å². The van der Waals surface area contributed by atoms with E-state index in [2.05, 4.69) is 52.0 Å². The molecule has 2 heterocycles. The highest BCUT2D eigenvalue weighted by Crippen LogP contribution is 2.57. The Balaban J connectivity index is 1.00. The number of fused-ring (bicyclic) bond motifs is 5. The molecule has 12 heteroatoms. The third kappa shape index (κ3) is 10.2. The summed E-state index contributed by atoms with van der Waals surface area (Å²) in [6.07, 6.45) is 3.16. The molecule has 2 aromatic heterocycles. The molecule has 0 saturated heterocycles. The Hall–Kier alpha value is -9.16. The van der Waals surface area contributed by atoms with Crippen molar-refractivity contribution in [3.8, 4) is 0 Å². The number of ether oxygens (including phenoxy) is 4. The number of nitrogens with zero attached hydrogens (tertiary/aromatic N) is 4. The van der Waals surface area contributed by atoms with E-state index >= 15 is 0 Å². The van der Waals surface area contributed by atoms with E-state index in [9.17, 15) is 19.2 Å². The minimum absolute atomic E-state index is 0.00893. The summed E-state index contributed by atoms with van der Waals surface area (Å²) in [5, 5.41) is 0. The van der Waals surface area contributed by atoms with Gasteiger partial charge in [-0.2, -0.15) is 0 Å². The molecular weight excluding hydrogens is 977 g/mol. The summed E-state index contributed by atoms with van der Waals surface area (Å²) in [6, 6.07) is 52.3. The molecular formula is C66H56N4O8. The number of carbonyl (C=O) groups is 4. The lowest BCUT2D eigenvalue weighted by Gasteiger charge is -2.35. The Morgan fingerprint density at radius 2 is 0.692 bits per heavy atom. The molecule has 0 bridgehead atoms. The summed E-state index contributed by atoms with van der Waals surface area (Å²) >= 11 is 0. The monoisotopic (exact) mass is 1030 g/mol. The van der Waals surface area contributed by atoms with Gasteiger partial charge in [-0.15, -0.1) is 0 Å². The van der Waals surface area contributed by atoms with Crippen LogP contribution in [-0.2, 0) is 62.6 Å². The van der Waals surface area contributed by atoms with Crippen LogP contribution < -0.4 is 0 Å². The molecule has 1 aliphatic carbocycles.